The number of benzene rings is 2. The van der Waals surface area contributed by atoms with Gasteiger partial charge in [0.2, 0.25) is 0 Å². The average Bonchev–Trinajstić information content (AvgIpc) is 2.73. The molecule has 3 aromatic rings. The second-order valence-corrected chi connectivity index (χ2v) is 6.32. The number of nitrogens with one attached hydrogen (secondary N) is 2. The highest BCUT2D eigenvalue weighted by Crippen LogP contribution is 2.08. The summed E-state index contributed by atoms with van der Waals surface area (Å²) in [5, 5.41) is 5.75. The minimum atomic E-state index is -0.228. The smallest absolute Gasteiger partial charge is 0.254 e. The third-order valence-electron chi connectivity index (χ3n) is 4.21. The number of aromatic nitrogens is 2. The largest absolute Gasteiger partial charge is 0.352 e. The summed E-state index contributed by atoms with van der Waals surface area (Å²) in [5.41, 5.74) is 2.66. The number of nitrogens with zero attached hydrogens (tertiary/aromatic N) is 2. The summed E-state index contributed by atoms with van der Waals surface area (Å²) >= 11 is 0. The number of rotatable bonds is 7. The van der Waals surface area contributed by atoms with Crippen molar-refractivity contribution in [3.63, 3.8) is 0 Å². The van der Waals surface area contributed by atoms with Crippen molar-refractivity contribution in [1.29, 1.82) is 0 Å². The lowest BCUT2D eigenvalue weighted by molar-refractivity contribution is 0.0946. The molecule has 3 rings (SSSR count). The first-order valence-electron chi connectivity index (χ1n) is 9.11. The Morgan fingerprint density at radius 3 is 2.29 bits per heavy atom. The maximum Gasteiger partial charge on any atom is 0.254 e. The Hall–Kier alpha value is -3.54. The molecule has 0 atom stereocenters. The van der Waals surface area contributed by atoms with E-state index in [0.29, 0.717) is 42.2 Å². The van der Waals surface area contributed by atoms with Crippen LogP contribution in [0, 0.1) is 6.92 Å². The lowest BCUT2D eigenvalue weighted by Crippen LogP contribution is -2.28. The zero-order chi connectivity index (χ0) is 19.8. The van der Waals surface area contributed by atoms with E-state index in [0.717, 1.165) is 5.56 Å². The number of amides is 2. The van der Waals surface area contributed by atoms with Crippen LogP contribution in [0.5, 0.6) is 0 Å². The third kappa shape index (κ3) is 5.23. The molecule has 0 bridgehead atoms. The SMILES string of the molecule is Cc1ncc(C(=O)NCc2ccccc2)c(CCNC(=O)c2ccccc2)n1. The van der Waals surface area contributed by atoms with Crippen LogP contribution < -0.4 is 10.6 Å². The molecule has 2 amide bonds. The van der Waals surface area contributed by atoms with Gasteiger partial charge in [-0.15, -0.1) is 0 Å². The third-order valence-corrected chi connectivity index (χ3v) is 4.21. The van der Waals surface area contributed by atoms with Crippen molar-refractivity contribution in [3.05, 3.63) is 95.1 Å². The van der Waals surface area contributed by atoms with E-state index in [9.17, 15) is 9.59 Å². The van der Waals surface area contributed by atoms with Gasteiger partial charge in [-0.2, -0.15) is 0 Å². The molecule has 0 aliphatic rings. The summed E-state index contributed by atoms with van der Waals surface area (Å²) in [4.78, 5) is 33.3. The molecule has 6 nitrogen and oxygen atoms in total. The zero-order valence-corrected chi connectivity index (χ0v) is 15.7. The summed E-state index contributed by atoms with van der Waals surface area (Å²) in [6.45, 7) is 2.58. The molecular weight excluding hydrogens is 352 g/mol. The van der Waals surface area contributed by atoms with E-state index < -0.39 is 0 Å². The summed E-state index contributed by atoms with van der Waals surface area (Å²) < 4.78 is 0. The van der Waals surface area contributed by atoms with Crippen molar-refractivity contribution in [3.8, 4) is 0 Å². The molecule has 0 fully saturated rings. The van der Waals surface area contributed by atoms with E-state index in [2.05, 4.69) is 20.6 Å². The number of aryl methyl sites for hydroxylation is 1. The van der Waals surface area contributed by atoms with Gasteiger partial charge in [0.1, 0.15) is 5.82 Å². The topological polar surface area (TPSA) is 84.0 Å². The Morgan fingerprint density at radius 1 is 0.893 bits per heavy atom. The standard InChI is InChI=1S/C22H22N4O2/c1-16-24-15-19(22(28)25-14-17-8-4-2-5-9-17)20(26-16)12-13-23-21(27)18-10-6-3-7-11-18/h2-11,15H,12-14H2,1H3,(H,23,27)(H,25,28). The van der Waals surface area contributed by atoms with Crippen LogP contribution in [-0.4, -0.2) is 28.3 Å². The highest BCUT2D eigenvalue weighted by atomic mass is 16.2. The molecule has 1 aromatic heterocycles. The molecule has 0 aliphatic heterocycles. The van der Waals surface area contributed by atoms with E-state index in [1.54, 1.807) is 19.1 Å². The average molecular weight is 374 g/mol. The maximum absolute atomic E-state index is 12.6. The molecule has 0 radical (unpaired) electrons. The fraction of sp³-hybridized carbons (Fsp3) is 0.182. The molecule has 0 saturated heterocycles. The van der Waals surface area contributed by atoms with Crippen molar-refractivity contribution < 1.29 is 9.59 Å². The van der Waals surface area contributed by atoms with Gasteiger partial charge in [0.05, 0.1) is 11.3 Å². The monoisotopic (exact) mass is 374 g/mol. The summed E-state index contributed by atoms with van der Waals surface area (Å²) in [6.07, 6.45) is 1.98. The Bertz CT molecular complexity index is 943. The summed E-state index contributed by atoms with van der Waals surface area (Å²) in [7, 11) is 0. The van der Waals surface area contributed by atoms with Crippen LogP contribution in [0.3, 0.4) is 0 Å². The molecule has 0 spiro atoms. The highest BCUT2D eigenvalue weighted by Gasteiger charge is 2.14. The number of hydrogen-bond donors (Lipinski definition) is 2. The van der Waals surface area contributed by atoms with Gasteiger partial charge in [-0.05, 0) is 24.6 Å². The molecule has 2 N–H and O–H groups in total. The van der Waals surface area contributed by atoms with E-state index in [1.165, 1.54) is 6.20 Å². The molecule has 6 heteroatoms. The first-order valence-corrected chi connectivity index (χ1v) is 9.11. The lowest BCUT2D eigenvalue weighted by atomic mass is 10.1. The Labute approximate surface area is 164 Å². The molecule has 28 heavy (non-hydrogen) atoms. The van der Waals surface area contributed by atoms with Crippen LogP contribution in [-0.2, 0) is 13.0 Å². The molecule has 0 aliphatic carbocycles. The number of carbonyl (C=O) groups is 2. The van der Waals surface area contributed by atoms with Crippen LogP contribution in [0.25, 0.3) is 0 Å². The van der Waals surface area contributed by atoms with E-state index in [1.807, 2.05) is 48.5 Å². The zero-order valence-electron chi connectivity index (χ0n) is 15.7. The lowest BCUT2D eigenvalue weighted by Gasteiger charge is -2.11. The van der Waals surface area contributed by atoms with E-state index in [4.69, 9.17) is 0 Å². The minimum Gasteiger partial charge on any atom is -0.352 e. The van der Waals surface area contributed by atoms with Gasteiger partial charge >= 0.3 is 0 Å². The van der Waals surface area contributed by atoms with Gasteiger partial charge in [0.25, 0.3) is 11.8 Å². The molecule has 0 saturated carbocycles. The van der Waals surface area contributed by atoms with E-state index in [-0.39, 0.29) is 11.8 Å². The molecule has 1 heterocycles. The van der Waals surface area contributed by atoms with E-state index >= 15 is 0 Å². The van der Waals surface area contributed by atoms with Crippen molar-refractivity contribution in [1.82, 2.24) is 20.6 Å². The minimum absolute atomic E-state index is 0.151. The second-order valence-electron chi connectivity index (χ2n) is 6.32. The fourth-order valence-corrected chi connectivity index (χ4v) is 2.76. The van der Waals surface area contributed by atoms with Crippen molar-refractivity contribution in [2.75, 3.05) is 6.54 Å². The van der Waals surface area contributed by atoms with Crippen molar-refractivity contribution in [2.24, 2.45) is 0 Å². The maximum atomic E-state index is 12.6. The predicted octanol–water partition coefficient (Wildman–Crippen LogP) is 2.69. The Kier molecular flexibility index (Phi) is 6.46. The summed E-state index contributed by atoms with van der Waals surface area (Å²) in [5.74, 6) is 0.207. The predicted molar refractivity (Wildman–Crippen MR) is 107 cm³/mol. The van der Waals surface area contributed by atoms with Gasteiger partial charge in [0, 0.05) is 31.3 Å². The number of hydrogen-bond acceptors (Lipinski definition) is 4. The second kappa shape index (κ2) is 9.41. The van der Waals surface area contributed by atoms with Crippen LogP contribution in [0.1, 0.15) is 37.8 Å². The highest BCUT2D eigenvalue weighted by molar-refractivity contribution is 5.95. The van der Waals surface area contributed by atoms with Gasteiger partial charge in [-0.1, -0.05) is 48.5 Å². The molecule has 142 valence electrons. The van der Waals surface area contributed by atoms with Crippen molar-refractivity contribution in [2.45, 2.75) is 19.9 Å². The Balaban J connectivity index is 1.61. The van der Waals surface area contributed by atoms with Crippen LogP contribution >= 0.6 is 0 Å². The van der Waals surface area contributed by atoms with Gasteiger partial charge < -0.3 is 10.6 Å². The van der Waals surface area contributed by atoms with Gasteiger partial charge in [0.15, 0.2) is 0 Å². The van der Waals surface area contributed by atoms with Crippen molar-refractivity contribution >= 4 is 11.8 Å². The number of carbonyl (C=O) groups excluding carboxylic acids is 2. The van der Waals surface area contributed by atoms with Gasteiger partial charge in [-0.3, -0.25) is 9.59 Å². The first kappa shape index (κ1) is 19.2. The summed E-state index contributed by atoms with van der Waals surface area (Å²) in [6, 6.07) is 18.7. The molecule has 2 aromatic carbocycles. The molecular formula is C22H22N4O2. The van der Waals surface area contributed by atoms with Crippen LogP contribution in [0.2, 0.25) is 0 Å². The van der Waals surface area contributed by atoms with Crippen LogP contribution in [0.4, 0.5) is 0 Å². The molecule has 0 unspecified atom stereocenters. The Morgan fingerprint density at radius 2 is 1.57 bits per heavy atom. The quantitative estimate of drug-likeness (QED) is 0.666. The first-order chi connectivity index (χ1) is 13.6. The van der Waals surface area contributed by atoms with Gasteiger partial charge in [-0.25, -0.2) is 9.97 Å². The normalized spacial score (nSPS) is 10.3. The van der Waals surface area contributed by atoms with Crippen LogP contribution in [0.15, 0.2) is 66.9 Å². The fourth-order valence-electron chi connectivity index (χ4n) is 2.76.